The van der Waals surface area contributed by atoms with Crippen LogP contribution in [-0.4, -0.2) is 16.5 Å². The van der Waals surface area contributed by atoms with Gasteiger partial charge in [0.1, 0.15) is 16.9 Å². The number of thioether (sulfide) groups is 1. The van der Waals surface area contributed by atoms with E-state index in [4.69, 9.17) is 0 Å². The molecule has 0 aliphatic heterocycles. The van der Waals surface area contributed by atoms with Crippen LogP contribution in [0.2, 0.25) is 0 Å². The van der Waals surface area contributed by atoms with E-state index < -0.39 is 0 Å². The number of pyridine rings is 1. The van der Waals surface area contributed by atoms with Crippen LogP contribution in [-0.2, 0) is 4.79 Å². The lowest BCUT2D eigenvalue weighted by Crippen LogP contribution is -1.99. The van der Waals surface area contributed by atoms with Crippen LogP contribution in [0.4, 0.5) is 0 Å². The van der Waals surface area contributed by atoms with Crippen molar-refractivity contribution >= 4 is 17.5 Å². The van der Waals surface area contributed by atoms with E-state index in [-0.39, 0.29) is 5.78 Å². The summed E-state index contributed by atoms with van der Waals surface area (Å²) in [6.45, 7) is 1.54. The first-order valence-corrected chi connectivity index (χ1v) is 8.86. The first-order valence-electron chi connectivity index (χ1n) is 7.87. The predicted molar refractivity (Wildman–Crippen MR) is 101 cm³/mol. The highest BCUT2D eigenvalue weighted by Crippen LogP contribution is 2.34. The first kappa shape index (κ1) is 16.9. The maximum Gasteiger partial charge on any atom is 0.140 e. The van der Waals surface area contributed by atoms with Crippen molar-refractivity contribution < 1.29 is 4.79 Å². The average Bonchev–Trinajstić information content (AvgIpc) is 2.67. The van der Waals surface area contributed by atoms with E-state index in [0.717, 1.165) is 22.4 Å². The Kier molecular flexibility index (Phi) is 5.27. The van der Waals surface area contributed by atoms with Gasteiger partial charge in [-0.25, -0.2) is 4.98 Å². The molecule has 3 rings (SSSR count). The van der Waals surface area contributed by atoms with Gasteiger partial charge >= 0.3 is 0 Å². The van der Waals surface area contributed by atoms with E-state index in [1.165, 1.54) is 18.7 Å². The second-order valence-electron chi connectivity index (χ2n) is 5.57. The Labute approximate surface area is 151 Å². The maximum absolute atomic E-state index is 11.4. The molecule has 0 saturated heterocycles. The number of hydrogen-bond acceptors (Lipinski definition) is 4. The number of carbonyl (C=O) groups excluding carboxylic acids is 1. The Hall–Kier alpha value is -2.90. The number of ketones is 1. The number of aromatic nitrogens is 1. The van der Waals surface area contributed by atoms with Crippen LogP contribution >= 0.6 is 11.8 Å². The van der Waals surface area contributed by atoms with Crippen molar-refractivity contribution in [1.82, 2.24) is 4.98 Å². The van der Waals surface area contributed by atoms with Crippen molar-refractivity contribution in [3.63, 3.8) is 0 Å². The van der Waals surface area contributed by atoms with Crippen molar-refractivity contribution in [3.05, 3.63) is 72.3 Å². The normalized spacial score (nSPS) is 10.2. The molecule has 0 saturated carbocycles. The Morgan fingerprint density at radius 1 is 1.04 bits per heavy atom. The Morgan fingerprint density at radius 3 is 2.20 bits per heavy atom. The molecule has 2 aromatic carbocycles. The minimum atomic E-state index is 0.0575. The van der Waals surface area contributed by atoms with Crippen LogP contribution in [0.3, 0.4) is 0 Å². The summed E-state index contributed by atoms with van der Waals surface area (Å²) < 4.78 is 0. The van der Waals surface area contributed by atoms with Gasteiger partial charge in [-0.05, 0) is 18.6 Å². The van der Waals surface area contributed by atoms with Crippen LogP contribution in [0, 0.1) is 11.3 Å². The molecule has 0 amide bonds. The van der Waals surface area contributed by atoms with Crippen molar-refractivity contribution in [2.24, 2.45) is 0 Å². The van der Waals surface area contributed by atoms with E-state index >= 15 is 0 Å². The second kappa shape index (κ2) is 7.78. The molecular weight excluding hydrogens is 328 g/mol. The number of Topliss-reactive ketones (excluding diaryl/α,β-unsaturated/α-hetero) is 1. The molecule has 3 aromatic rings. The Balaban J connectivity index is 2.20. The summed E-state index contributed by atoms with van der Waals surface area (Å²) in [4.78, 5) is 16.1. The van der Waals surface area contributed by atoms with Crippen LogP contribution < -0.4 is 0 Å². The molecule has 0 fully saturated rings. The number of hydrogen-bond donors (Lipinski definition) is 0. The molecule has 1 heterocycles. The van der Waals surface area contributed by atoms with Gasteiger partial charge < -0.3 is 0 Å². The molecule has 0 atom stereocenters. The largest absolute Gasteiger partial charge is 0.299 e. The third-order valence-electron chi connectivity index (χ3n) is 3.66. The zero-order valence-electron chi connectivity index (χ0n) is 13.8. The van der Waals surface area contributed by atoms with Crippen LogP contribution in [0.25, 0.3) is 22.4 Å². The van der Waals surface area contributed by atoms with Crippen molar-refractivity contribution in [3.8, 4) is 28.5 Å². The molecule has 3 nitrogen and oxygen atoms in total. The topological polar surface area (TPSA) is 53.8 Å². The van der Waals surface area contributed by atoms with E-state index in [2.05, 4.69) is 11.1 Å². The number of benzene rings is 2. The van der Waals surface area contributed by atoms with Gasteiger partial charge in [0.05, 0.1) is 17.0 Å². The summed E-state index contributed by atoms with van der Waals surface area (Å²) in [5.74, 6) is 0.357. The molecule has 0 aliphatic rings. The number of nitrogens with zero attached hydrogens (tertiary/aromatic N) is 2. The van der Waals surface area contributed by atoms with Gasteiger partial charge in [-0.2, -0.15) is 5.26 Å². The monoisotopic (exact) mass is 344 g/mol. The minimum absolute atomic E-state index is 0.0575. The predicted octanol–water partition coefficient (Wildman–Crippen LogP) is 4.97. The van der Waals surface area contributed by atoms with Gasteiger partial charge in [-0.3, -0.25) is 4.79 Å². The molecular formula is C21H16N2OS. The van der Waals surface area contributed by atoms with Crippen molar-refractivity contribution in [1.29, 1.82) is 5.26 Å². The highest BCUT2D eigenvalue weighted by molar-refractivity contribution is 8.00. The fourth-order valence-corrected chi connectivity index (χ4v) is 3.31. The summed E-state index contributed by atoms with van der Waals surface area (Å²) in [6, 6.07) is 23.9. The van der Waals surface area contributed by atoms with E-state index in [0.29, 0.717) is 16.3 Å². The zero-order valence-corrected chi connectivity index (χ0v) is 14.6. The standard InChI is InChI=1S/C21H16N2OS/c1-15(24)14-25-21-19(13-22)18(16-8-4-2-5-9-16)12-20(23-21)17-10-6-3-7-11-17/h2-12H,14H2,1H3. The van der Waals surface area contributed by atoms with Gasteiger partial charge in [-0.15, -0.1) is 0 Å². The lowest BCUT2D eigenvalue weighted by Gasteiger charge is -2.12. The number of carbonyl (C=O) groups is 1. The highest BCUT2D eigenvalue weighted by Gasteiger charge is 2.16. The molecule has 1 aromatic heterocycles. The van der Waals surface area contributed by atoms with Crippen LogP contribution in [0.1, 0.15) is 12.5 Å². The van der Waals surface area contributed by atoms with Gasteiger partial charge in [0.2, 0.25) is 0 Å². The molecule has 0 unspecified atom stereocenters. The molecule has 122 valence electrons. The smallest absolute Gasteiger partial charge is 0.140 e. The minimum Gasteiger partial charge on any atom is -0.299 e. The van der Waals surface area contributed by atoms with E-state index in [1.807, 2.05) is 66.7 Å². The van der Waals surface area contributed by atoms with Gasteiger partial charge in [0.25, 0.3) is 0 Å². The summed E-state index contributed by atoms with van der Waals surface area (Å²) >= 11 is 1.31. The van der Waals surface area contributed by atoms with Crippen LogP contribution in [0.5, 0.6) is 0 Å². The van der Waals surface area contributed by atoms with Gasteiger partial charge in [0, 0.05) is 11.1 Å². The lowest BCUT2D eigenvalue weighted by molar-refractivity contribution is -0.114. The number of rotatable bonds is 5. The fraction of sp³-hybridized carbons (Fsp3) is 0.0952. The Bertz CT molecular complexity index is 931. The molecule has 0 spiro atoms. The molecule has 0 aliphatic carbocycles. The summed E-state index contributed by atoms with van der Waals surface area (Å²) in [5, 5.41) is 10.3. The third kappa shape index (κ3) is 3.96. The molecule has 4 heteroatoms. The fourth-order valence-electron chi connectivity index (χ4n) is 2.51. The quantitative estimate of drug-likeness (QED) is 0.613. The van der Waals surface area contributed by atoms with E-state index in [9.17, 15) is 10.1 Å². The first-order chi connectivity index (χ1) is 12.2. The van der Waals surface area contributed by atoms with Crippen molar-refractivity contribution in [2.45, 2.75) is 11.9 Å². The SMILES string of the molecule is CC(=O)CSc1nc(-c2ccccc2)cc(-c2ccccc2)c1C#N. The molecule has 0 N–H and O–H groups in total. The molecule has 0 bridgehead atoms. The lowest BCUT2D eigenvalue weighted by atomic mass is 9.99. The van der Waals surface area contributed by atoms with Gasteiger partial charge in [0.15, 0.2) is 0 Å². The molecule has 0 radical (unpaired) electrons. The maximum atomic E-state index is 11.4. The van der Waals surface area contributed by atoms with Crippen LogP contribution in [0.15, 0.2) is 71.8 Å². The van der Waals surface area contributed by atoms with E-state index in [1.54, 1.807) is 0 Å². The summed E-state index contributed by atoms with van der Waals surface area (Å²) in [5.41, 5.74) is 4.08. The highest BCUT2D eigenvalue weighted by atomic mass is 32.2. The zero-order chi connectivity index (χ0) is 17.6. The third-order valence-corrected chi connectivity index (χ3v) is 4.78. The summed E-state index contributed by atoms with van der Waals surface area (Å²) in [7, 11) is 0. The Morgan fingerprint density at radius 2 is 1.64 bits per heavy atom. The van der Waals surface area contributed by atoms with Gasteiger partial charge in [-0.1, -0.05) is 72.4 Å². The molecule has 25 heavy (non-hydrogen) atoms. The average molecular weight is 344 g/mol. The number of nitriles is 1. The second-order valence-corrected chi connectivity index (χ2v) is 6.53. The summed E-state index contributed by atoms with van der Waals surface area (Å²) in [6.07, 6.45) is 0. The van der Waals surface area contributed by atoms with Crippen molar-refractivity contribution in [2.75, 3.05) is 5.75 Å².